The molecule has 0 atom stereocenters. The summed E-state index contributed by atoms with van der Waals surface area (Å²) in [4.78, 5) is 10.8. The van der Waals surface area contributed by atoms with Crippen LogP contribution in [-0.2, 0) is 19.0 Å². The monoisotopic (exact) mass is 232 g/mol. The van der Waals surface area contributed by atoms with Crippen LogP contribution < -0.4 is 0 Å². The highest BCUT2D eigenvalue weighted by molar-refractivity contribution is 6.39. The van der Waals surface area contributed by atoms with E-state index in [1.807, 2.05) is 6.92 Å². The van der Waals surface area contributed by atoms with E-state index < -0.39 is 14.9 Å². The van der Waals surface area contributed by atoms with Crippen LogP contribution in [0.1, 0.15) is 13.3 Å². The molecule has 4 nitrogen and oxygen atoms in total. The Kier molecular flexibility index (Phi) is 7.28. The smallest absolute Gasteiger partial charge is 0.330 e. The van der Waals surface area contributed by atoms with Crippen molar-refractivity contribution < 1.29 is 19.0 Å². The third kappa shape index (κ3) is 5.11. The van der Waals surface area contributed by atoms with Crippen LogP contribution in [-0.4, -0.2) is 41.7 Å². The highest BCUT2D eigenvalue weighted by Gasteiger charge is 2.26. The number of esters is 1. The zero-order valence-corrected chi connectivity index (χ0v) is 11.2. The van der Waals surface area contributed by atoms with Gasteiger partial charge in [-0.15, -0.1) is 0 Å². The van der Waals surface area contributed by atoms with Crippen molar-refractivity contribution in [3.8, 4) is 0 Å². The summed E-state index contributed by atoms with van der Waals surface area (Å²) in [6.45, 7) is 5.77. The summed E-state index contributed by atoms with van der Waals surface area (Å²) in [6.07, 6.45) is 1.99. The first-order valence-electron chi connectivity index (χ1n) is 5.03. The molecular weight excluding hydrogens is 212 g/mol. The second-order valence-electron chi connectivity index (χ2n) is 3.15. The molecule has 15 heavy (non-hydrogen) atoms. The molecule has 0 spiro atoms. The lowest BCUT2D eigenvalue weighted by atomic mass is 10.5. The second-order valence-corrected chi connectivity index (χ2v) is 5.43. The maximum atomic E-state index is 10.8. The van der Waals surface area contributed by atoms with E-state index in [-0.39, 0.29) is 5.97 Å². The highest BCUT2D eigenvalue weighted by Crippen LogP contribution is 2.15. The first-order valence-corrected chi connectivity index (χ1v) is 6.74. The lowest BCUT2D eigenvalue weighted by molar-refractivity contribution is -0.147. The van der Waals surface area contributed by atoms with Crippen LogP contribution >= 0.6 is 0 Å². The van der Waals surface area contributed by atoms with Gasteiger partial charge in [-0.1, -0.05) is 13.5 Å². The minimum absolute atomic E-state index is 0.374. The van der Waals surface area contributed by atoms with Gasteiger partial charge >= 0.3 is 5.97 Å². The lowest BCUT2D eigenvalue weighted by Crippen LogP contribution is -2.40. The molecule has 0 aliphatic heterocycles. The van der Waals surface area contributed by atoms with Crippen LogP contribution in [0.5, 0.6) is 0 Å². The molecule has 0 bridgehead atoms. The molecule has 0 saturated heterocycles. The Labute approximate surface area is 93.4 Å². The van der Waals surface area contributed by atoms with Gasteiger partial charge in [0.25, 0.3) is 0 Å². The Balaban J connectivity index is 3.81. The number of hydrogen-bond acceptors (Lipinski definition) is 4. The summed E-state index contributed by atoms with van der Waals surface area (Å²) in [5.74, 6) is -0.374. The highest BCUT2D eigenvalue weighted by atomic mass is 28.2. The molecule has 0 radical (unpaired) electrons. The quantitative estimate of drug-likeness (QED) is 0.203. The Hall–Kier alpha value is -0.653. The fourth-order valence-corrected chi connectivity index (χ4v) is 2.92. The van der Waals surface area contributed by atoms with Gasteiger partial charge in [-0.05, 0) is 12.5 Å². The van der Waals surface area contributed by atoms with Crippen molar-refractivity contribution in [2.75, 3.05) is 20.8 Å². The third-order valence-corrected chi connectivity index (χ3v) is 4.88. The predicted molar refractivity (Wildman–Crippen MR) is 61.5 cm³/mol. The van der Waals surface area contributed by atoms with Crippen LogP contribution in [0, 0.1) is 0 Å². The van der Waals surface area contributed by atoms with Gasteiger partial charge in [-0.2, -0.15) is 0 Å². The standard InChI is InChI=1S/C10H20O4Si/c1-5-9(11)14-7-8-15-10(6-2,12-3)13-4/h5H,1,6-8,15H2,2-4H3. The molecular formula is C10H20O4Si. The average molecular weight is 232 g/mol. The summed E-state index contributed by atoms with van der Waals surface area (Å²) in [5.41, 5.74) is -0.416. The van der Waals surface area contributed by atoms with Gasteiger partial charge in [-0.25, -0.2) is 4.79 Å². The minimum atomic E-state index is -0.588. The normalized spacial score (nSPS) is 11.9. The molecule has 0 aromatic heterocycles. The molecule has 0 aliphatic rings. The van der Waals surface area contributed by atoms with Gasteiger partial charge in [0.15, 0.2) is 0 Å². The van der Waals surface area contributed by atoms with E-state index in [2.05, 4.69) is 6.58 Å². The van der Waals surface area contributed by atoms with Crippen molar-refractivity contribution in [2.45, 2.75) is 24.8 Å². The first-order chi connectivity index (χ1) is 7.14. The number of carbonyl (C=O) groups excluding carboxylic acids is 1. The van der Waals surface area contributed by atoms with Crippen LogP contribution in [0.4, 0.5) is 0 Å². The van der Waals surface area contributed by atoms with E-state index in [9.17, 15) is 4.79 Å². The Morgan fingerprint density at radius 3 is 2.47 bits per heavy atom. The van der Waals surface area contributed by atoms with Crippen molar-refractivity contribution in [3.63, 3.8) is 0 Å². The Morgan fingerprint density at radius 2 is 2.07 bits per heavy atom. The summed E-state index contributed by atoms with van der Waals surface area (Å²) >= 11 is 0. The molecule has 0 rings (SSSR count). The van der Waals surface area contributed by atoms with Gasteiger partial charge in [-0.3, -0.25) is 0 Å². The van der Waals surface area contributed by atoms with E-state index in [1.165, 1.54) is 6.08 Å². The maximum Gasteiger partial charge on any atom is 0.330 e. The molecule has 5 heteroatoms. The average Bonchev–Trinajstić information content (AvgIpc) is 2.30. The number of hydrogen-bond donors (Lipinski definition) is 0. The molecule has 88 valence electrons. The van der Waals surface area contributed by atoms with Crippen molar-refractivity contribution in [2.24, 2.45) is 0 Å². The van der Waals surface area contributed by atoms with E-state index in [0.29, 0.717) is 6.61 Å². The minimum Gasteiger partial charge on any atom is -0.463 e. The third-order valence-electron chi connectivity index (χ3n) is 2.40. The molecule has 0 unspecified atom stereocenters. The molecule has 0 aromatic rings. The number of carbonyl (C=O) groups is 1. The summed E-state index contributed by atoms with van der Waals surface area (Å²) in [7, 11) is 2.71. The van der Waals surface area contributed by atoms with Crippen molar-refractivity contribution in [1.29, 1.82) is 0 Å². The van der Waals surface area contributed by atoms with Crippen molar-refractivity contribution >= 4 is 15.5 Å². The van der Waals surface area contributed by atoms with Crippen LogP contribution in [0.2, 0.25) is 6.04 Å². The maximum absolute atomic E-state index is 10.8. The fraction of sp³-hybridized carbons (Fsp3) is 0.700. The van der Waals surface area contributed by atoms with Crippen molar-refractivity contribution in [1.82, 2.24) is 0 Å². The van der Waals surface area contributed by atoms with Crippen LogP contribution in [0.25, 0.3) is 0 Å². The molecule has 0 aromatic carbocycles. The van der Waals surface area contributed by atoms with Gasteiger partial charge in [0.05, 0.1) is 16.1 Å². The molecule has 0 heterocycles. The van der Waals surface area contributed by atoms with Gasteiger partial charge in [0.2, 0.25) is 0 Å². The number of methoxy groups -OCH3 is 2. The van der Waals surface area contributed by atoms with Crippen LogP contribution in [0.3, 0.4) is 0 Å². The second kappa shape index (κ2) is 7.61. The Bertz CT molecular complexity index is 193. The van der Waals surface area contributed by atoms with Gasteiger partial charge in [0.1, 0.15) is 5.41 Å². The zero-order valence-electron chi connectivity index (χ0n) is 9.75. The lowest BCUT2D eigenvalue weighted by Gasteiger charge is -2.29. The van der Waals surface area contributed by atoms with E-state index in [4.69, 9.17) is 14.2 Å². The molecule has 0 amide bonds. The first kappa shape index (κ1) is 14.3. The molecule has 0 N–H and O–H groups in total. The zero-order chi connectivity index (χ0) is 11.7. The van der Waals surface area contributed by atoms with E-state index in [1.54, 1.807) is 14.2 Å². The largest absolute Gasteiger partial charge is 0.463 e. The topological polar surface area (TPSA) is 44.8 Å². The molecule has 0 saturated carbocycles. The van der Waals surface area contributed by atoms with E-state index >= 15 is 0 Å². The summed E-state index contributed by atoms with van der Waals surface area (Å²) in [6, 6.07) is 0.842. The summed E-state index contributed by atoms with van der Waals surface area (Å²) in [5, 5.41) is 0. The molecule has 0 aliphatic carbocycles. The molecule has 0 fully saturated rings. The number of rotatable bonds is 8. The number of ether oxygens (including phenoxy) is 3. The fourth-order valence-electron chi connectivity index (χ4n) is 1.33. The Morgan fingerprint density at radius 1 is 1.47 bits per heavy atom. The predicted octanol–water partition coefficient (Wildman–Crippen LogP) is 0.659. The van der Waals surface area contributed by atoms with Gasteiger partial charge < -0.3 is 14.2 Å². The van der Waals surface area contributed by atoms with Crippen molar-refractivity contribution in [3.05, 3.63) is 12.7 Å². The van der Waals surface area contributed by atoms with E-state index in [0.717, 1.165) is 12.5 Å². The van der Waals surface area contributed by atoms with Crippen LogP contribution in [0.15, 0.2) is 12.7 Å². The summed E-state index contributed by atoms with van der Waals surface area (Å²) < 4.78 is 15.6. The van der Waals surface area contributed by atoms with Gasteiger partial charge in [0, 0.05) is 20.3 Å². The SMILES string of the molecule is C=CC(=O)OCC[SiH2]C(CC)(OC)OC.